The van der Waals surface area contributed by atoms with Crippen LogP contribution in [-0.2, 0) is 11.6 Å². The first kappa shape index (κ1) is 20.8. The maximum Gasteiger partial charge on any atom is 0.433 e. The van der Waals surface area contributed by atoms with Gasteiger partial charge in [0.1, 0.15) is 11.4 Å². The van der Waals surface area contributed by atoms with Crippen LogP contribution in [0.4, 0.5) is 13.2 Å². The molecule has 1 aliphatic heterocycles. The van der Waals surface area contributed by atoms with Gasteiger partial charge in [-0.2, -0.15) is 18.3 Å². The number of nitrogens with zero attached hydrogens (tertiary/aromatic N) is 5. The number of aromatic nitrogens is 4. The number of hydrogen-bond acceptors (Lipinski definition) is 5. The van der Waals surface area contributed by atoms with Crippen molar-refractivity contribution < 1.29 is 18.0 Å². The van der Waals surface area contributed by atoms with Crippen LogP contribution >= 0.6 is 11.3 Å². The summed E-state index contributed by atoms with van der Waals surface area (Å²) in [5.74, 6) is -0.225. The molecular weight excluding hydrogens is 415 g/mol. The van der Waals surface area contributed by atoms with Gasteiger partial charge in [0.25, 0.3) is 5.91 Å². The van der Waals surface area contributed by atoms with Crippen LogP contribution in [0.15, 0.2) is 23.0 Å². The van der Waals surface area contributed by atoms with E-state index in [0.717, 1.165) is 23.4 Å². The van der Waals surface area contributed by atoms with Gasteiger partial charge in [0.15, 0.2) is 5.65 Å². The predicted octanol–water partition coefficient (Wildman–Crippen LogP) is 4.87. The molecule has 4 heterocycles. The van der Waals surface area contributed by atoms with Crippen LogP contribution in [0.5, 0.6) is 0 Å². The summed E-state index contributed by atoms with van der Waals surface area (Å²) in [6, 6.07) is 2.22. The van der Waals surface area contributed by atoms with Gasteiger partial charge in [-0.25, -0.2) is 14.5 Å². The molecule has 4 rings (SSSR count). The fourth-order valence-electron chi connectivity index (χ4n) is 3.69. The third-order valence-electron chi connectivity index (χ3n) is 5.26. The van der Waals surface area contributed by atoms with E-state index in [1.807, 2.05) is 20.8 Å². The molecule has 3 aromatic heterocycles. The molecule has 1 amide bonds. The fourth-order valence-corrected chi connectivity index (χ4v) is 4.21. The molecule has 0 radical (unpaired) electrons. The van der Waals surface area contributed by atoms with Crippen molar-refractivity contribution in [1.29, 1.82) is 0 Å². The van der Waals surface area contributed by atoms with E-state index in [4.69, 9.17) is 0 Å². The van der Waals surface area contributed by atoms with E-state index in [2.05, 4.69) is 15.1 Å². The van der Waals surface area contributed by atoms with Gasteiger partial charge >= 0.3 is 6.18 Å². The average molecular weight is 437 g/mol. The Kier molecular flexibility index (Phi) is 5.08. The Hall–Kier alpha value is -2.49. The minimum Gasteiger partial charge on any atom is -0.329 e. The molecule has 1 unspecified atom stereocenters. The smallest absolute Gasteiger partial charge is 0.329 e. The number of amides is 1. The molecule has 1 aliphatic rings. The van der Waals surface area contributed by atoms with Crippen LogP contribution in [-0.4, -0.2) is 36.9 Å². The van der Waals surface area contributed by atoms with E-state index in [9.17, 15) is 18.0 Å². The molecule has 0 N–H and O–H groups in total. The van der Waals surface area contributed by atoms with Crippen LogP contribution in [0.3, 0.4) is 0 Å². The summed E-state index contributed by atoms with van der Waals surface area (Å²) in [7, 11) is 0. The molecule has 0 aromatic carbocycles. The highest BCUT2D eigenvalue weighted by atomic mass is 32.1. The summed E-state index contributed by atoms with van der Waals surface area (Å²) in [6.45, 7) is 5.97. The molecule has 3 aromatic rings. The van der Waals surface area contributed by atoms with Gasteiger partial charge < -0.3 is 4.90 Å². The molecule has 30 heavy (non-hydrogen) atoms. The Morgan fingerprint density at radius 1 is 1.20 bits per heavy atom. The van der Waals surface area contributed by atoms with Crippen molar-refractivity contribution in [2.45, 2.75) is 57.7 Å². The van der Waals surface area contributed by atoms with Crippen LogP contribution in [0.2, 0.25) is 0 Å². The lowest BCUT2D eigenvalue weighted by atomic mass is 9.91. The maximum absolute atomic E-state index is 13.8. The highest BCUT2D eigenvalue weighted by molar-refractivity contribution is 7.07. The summed E-state index contributed by atoms with van der Waals surface area (Å²) in [5.41, 5.74) is 1.41. The van der Waals surface area contributed by atoms with Crippen molar-refractivity contribution in [3.63, 3.8) is 0 Å². The second-order valence-corrected chi connectivity index (χ2v) is 9.22. The molecule has 10 heteroatoms. The van der Waals surface area contributed by atoms with Gasteiger partial charge in [-0.3, -0.25) is 4.79 Å². The van der Waals surface area contributed by atoms with E-state index in [-0.39, 0.29) is 11.6 Å². The third kappa shape index (κ3) is 3.80. The molecule has 1 atom stereocenters. The predicted molar refractivity (Wildman–Crippen MR) is 106 cm³/mol. The highest BCUT2D eigenvalue weighted by Gasteiger charge is 2.38. The number of carbonyl (C=O) groups excluding carboxylic acids is 1. The van der Waals surface area contributed by atoms with Crippen molar-refractivity contribution in [3.05, 3.63) is 45.8 Å². The number of likely N-dealkylation sites (tertiary alicyclic amines) is 1. The topological polar surface area (TPSA) is 63.4 Å². The minimum absolute atomic E-state index is 0.136. The van der Waals surface area contributed by atoms with Crippen molar-refractivity contribution in [3.8, 4) is 0 Å². The van der Waals surface area contributed by atoms with E-state index >= 15 is 0 Å². The number of alkyl halides is 3. The fraction of sp³-hybridized carbons (Fsp3) is 0.500. The van der Waals surface area contributed by atoms with Crippen molar-refractivity contribution in [1.82, 2.24) is 24.5 Å². The zero-order valence-corrected chi connectivity index (χ0v) is 17.7. The number of rotatable bonds is 2. The van der Waals surface area contributed by atoms with Crippen LogP contribution in [0, 0.1) is 0 Å². The Balaban J connectivity index is 1.81. The molecule has 1 saturated heterocycles. The van der Waals surface area contributed by atoms with E-state index in [1.165, 1.54) is 11.3 Å². The molecule has 1 fully saturated rings. The summed E-state index contributed by atoms with van der Waals surface area (Å²) < 4.78 is 42.2. The number of piperidine rings is 1. The van der Waals surface area contributed by atoms with Gasteiger partial charge in [0.2, 0.25) is 0 Å². The zero-order valence-electron chi connectivity index (χ0n) is 16.9. The summed E-state index contributed by atoms with van der Waals surface area (Å²) in [5, 5.41) is 5.94. The SMILES string of the molecule is CC(C)(C)c1cc(C(F)(F)F)n2nc(C3CCCCN3C(=O)c3cscn3)cc2n1. The van der Waals surface area contributed by atoms with Gasteiger partial charge in [0.05, 0.1) is 22.9 Å². The normalized spacial score (nSPS) is 18.2. The first-order valence-corrected chi connectivity index (χ1v) is 10.7. The number of halogens is 3. The van der Waals surface area contributed by atoms with Crippen molar-refractivity contribution in [2.24, 2.45) is 0 Å². The standard InChI is InChI=1S/C20H22F3N5OS/c1-19(2,3)15-9-16(20(21,22)23)28-17(25-15)8-12(26-28)14-6-4-5-7-27(14)18(29)13-10-30-11-24-13/h8-11,14H,4-7H2,1-3H3. The van der Waals surface area contributed by atoms with Gasteiger partial charge in [0, 0.05) is 23.4 Å². The second-order valence-electron chi connectivity index (χ2n) is 8.50. The second kappa shape index (κ2) is 7.33. The first-order chi connectivity index (χ1) is 14.1. The molecular formula is C20H22F3N5OS. The first-order valence-electron chi connectivity index (χ1n) is 9.73. The van der Waals surface area contributed by atoms with Crippen LogP contribution in [0.1, 0.15) is 73.6 Å². The minimum atomic E-state index is -4.58. The van der Waals surface area contributed by atoms with Gasteiger partial charge in [-0.15, -0.1) is 11.3 Å². The Labute approximate surface area is 175 Å². The van der Waals surface area contributed by atoms with E-state index in [0.29, 0.717) is 30.0 Å². The van der Waals surface area contributed by atoms with Crippen LogP contribution < -0.4 is 0 Å². The lowest BCUT2D eigenvalue weighted by Crippen LogP contribution is -2.38. The quantitative estimate of drug-likeness (QED) is 0.574. The largest absolute Gasteiger partial charge is 0.433 e. The maximum atomic E-state index is 13.8. The summed E-state index contributed by atoms with van der Waals surface area (Å²) >= 11 is 1.33. The number of fused-ring (bicyclic) bond motifs is 1. The number of hydrogen-bond donors (Lipinski definition) is 0. The Morgan fingerprint density at radius 2 is 1.97 bits per heavy atom. The molecule has 0 aliphatic carbocycles. The summed E-state index contributed by atoms with van der Waals surface area (Å²) in [6.07, 6.45) is -2.24. The van der Waals surface area contributed by atoms with Crippen LogP contribution in [0.25, 0.3) is 5.65 Å². The van der Waals surface area contributed by atoms with E-state index in [1.54, 1.807) is 21.9 Å². The molecule has 160 valence electrons. The van der Waals surface area contributed by atoms with Gasteiger partial charge in [-0.1, -0.05) is 20.8 Å². The monoisotopic (exact) mass is 437 g/mol. The lowest BCUT2D eigenvalue weighted by molar-refractivity contribution is -0.142. The average Bonchev–Trinajstić information content (AvgIpc) is 3.34. The number of thiazole rings is 1. The Morgan fingerprint density at radius 3 is 2.60 bits per heavy atom. The van der Waals surface area contributed by atoms with Crippen molar-refractivity contribution in [2.75, 3.05) is 6.54 Å². The molecule has 0 bridgehead atoms. The van der Waals surface area contributed by atoms with E-state index < -0.39 is 23.3 Å². The molecule has 0 saturated carbocycles. The lowest BCUT2D eigenvalue weighted by Gasteiger charge is -2.34. The molecule has 0 spiro atoms. The summed E-state index contributed by atoms with van der Waals surface area (Å²) in [4.78, 5) is 23.1. The van der Waals surface area contributed by atoms with Gasteiger partial charge in [-0.05, 0) is 25.3 Å². The third-order valence-corrected chi connectivity index (χ3v) is 5.85. The highest BCUT2D eigenvalue weighted by Crippen LogP contribution is 2.36. The zero-order chi connectivity index (χ0) is 21.7. The van der Waals surface area contributed by atoms with Crippen molar-refractivity contribution >= 4 is 22.9 Å². The molecule has 6 nitrogen and oxygen atoms in total. The number of carbonyl (C=O) groups is 1. The Bertz CT molecular complexity index is 1070.